The molecule has 2 aliphatic rings. The Morgan fingerprint density at radius 2 is 2.00 bits per heavy atom. The van der Waals surface area contributed by atoms with Crippen LogP contribution in [-0.4, -0.2) is 68.9 Å². The monoisotopic (exact) mass is 449 g/mol. The highest BCUT2D eigenvalue weighted by atomic mass is 32.1. The average molecular weight is 450 g/mol. The second-order valence-corrected chi connectivity index (χ2v) is 8.27. The van der Waals surface area contributed by atoms with Crippen molar-refractivity contribution in [2.45, 2.75) is 31.7 Å². The fourth-order valence-electron chi connectivity index (χ4n) is 4.31. The third kappa shape index (κ3) is 5.46. The van der Waals surface area contributed by atoms with Gasteiger partial charge >= 0.3 is 0 Å². The maximum absolute atomic E-state index is 13.1. The molecular weight excluding hydrogens is 418 g/mol. The van der Waals surface area contributed by atoms with Gasteiger partial charge in [-0.2, -0.15) is 0 Å². The summed E-state index contributed by atoms with van der Waals surface area (Å²) in [6.45, 7) is 1.47. The second kappa shape index (κ2) is 10.8. The number of fused-ring (bicyclic) bond motifs is 1. The molecule has 8 nitrogen and oxygen atoms in total. The predicted octanol–water partition coefficient (Wildman–Crippen LogP) is 1.51. The predicted molar refractivity (Wildman–Crippen MR) is 120 cm³/mol. The zero-order chi connectivity index (χ0) is 22.4. The number of benzene rings is 1. The van der Waals surface area contributed by atoms with E-state index in [1.54, 1.807) is 26.2 Å². The first-order valence-corrected chi connectivity index (χ1v) is 11.0. The number of thiocarbonyl (C=S) groups is 1. The van der Waals surface area contributed by atoms with Crippen LogP contribution in [-0.2, 0) is 20.7 Å². The molecule has 31 heavy (non-hydrogen) atoms. The van der Waals surface area contributed by atoms with Crippen molar-refractivity contribution >= 4 is 29.1 Å². The first kappa shape index (κ1) is 23.3. The normalized spacial score (nSPS) is 23.1. The highest BCUT2D eigenvalue weighted by Crippen LogP contribution is 2.33. The summed E-state index contributed by atoms with van der Waals surface area (Å²) in [5.74, 6) is 1.13. The first-order valence-electron chi connectivity index (χ1n) is 10.6. The number of hydrogen-bond donors (Lipinski definition) is 2. The maximum atomic E-state index is 13.1. The molecule has 0 spiro atoms. The van der Waals surface area contributed by atoms with E-state index in [2.05, 4.69) is 10.6 Å². The second-order valence-electron chi connectivity index (χ2n) is 7.89. The molecule has 2 N–H and O–H groups in total. The summed E-state index contributed by atoms with van der Waals surface area (Å²) in [4.78, 5) is 27.2. The molecule has 2 fully saturated rings. The van der Waals surface area contributed by atoms with Gasteiger partial charge in [0.25, 0.3) is 0 Å². The van der Waals surface area contributed by atoms with E-state index in [1.807, 2.05) is 18.2 Å². The van der Waals surface area contributed by atoms with Gasteiger partial charge in [0.2, 0.25) is 11.8 Å². The molecule has 1 saturated carbocycles. The van der Waals surface area contributed by atoms with E-state index in [4.69, 9.17) is 26.4 Å². The lowest BCUT2D eigenvalue weighted by Gasteiger charge is -2.43. The molecule has 3 rings (SSSR count). The highest BCUT2D eigenvalue weighted by molar-refractivity contribution is 7.80. The van der Waals surface area contributed by atoms with Crippen molar-refractivity contribution in [3.63, 3.8) is 0 Å². The Morgan fingerprint density at radius 1 is 1.23 bits per heavy atom. The van der Waals surface area contributed by atoms with Crippen molar-refractivity contribution in [3.05, 3.63) is 23.8 Å². The van der Waals surface area contributed by atoms with Crippen LogP contribution in [0.3, 0.4) is 0 Å². The van der Waals surface area contributed by atoms with Crippen LogP contribution < -0.4 is 20.1 Å². The van der Waals surface area contributed by atoms with Gasteiger partial charge in [-0.05, 0) is 55.6 Å². The largest absolute Gasteiger partial charge is 0.493 e. The third-order valence-corrected chi connectivity index (χ3v) is 6.37. The number of hydrogen-bond acceptors (Lipinski definition) is 6. The number of rotatable bonds is 9. The minimum absolute atomic E-state index is 0.0200. The molecule has 1 aromatic rings. The summed E-state index contributed by atoms with van der Waals surface area (Å²) in [6, 6.07) is 5.64. The number of amides is 2. The quantitative estimate of drug-likeness (QED) is 0.436. The van der Waals surface area contributed by atoms with E-state index in [9.17, 15) is 9.59 Å². The van der Waals surface area contributed by atoms with Gasteiger partial charge in [0, 0.05) is 32.2 Å². The van der Waals surface area contributed by atoms with Crippen molar-refractivity contribution in [2.75, 3.05) is 41.0 Å². The standard InChI is InChI=1S/C22H31N3O5S/c1-28-11-9-23-20(26)15-5-6-16-17(13-15)24-22(31)25(21(16)27)10-8-14-4-7-18(29-2)19(12-14)30-3/h4,7,12,15-17H,5-6,8-11,13H2,1-3H3,(H,23,26)(H,24,31). The molecule has 1 aliphatic heterocycles. The van der Waals surface area contributed by atoms with Crippen LogP contribution in [0, 0.1) is 11.8 Å². The van der Waals surface area contributed by atoms with Gasteiger partial charge in [-0.3, -0.25) is 14.5 Å². The summed E-state index contributed by atoms with van der Waals surface area (Å²) in [7, 11) is 4.80. The topological polar surface area (TPSA) is 89.1 Å². The van der Waals surface area contributed by atoms with E-state index >= 15 is 0 Å². The summed E-state index contributed by atoms with van der Waals surface area (Å²) >= 11 is 5.50. The zero-order valence-corrected chi connectivity index (χ0v) is 19.1. The first-order chi connectivity index (χ1) is 15.0. The van der Waals surface area contributed by atoms with Crippen LogP contribution in [0.4, 0.5) is 0 Å². The Bertz CT molecular complexity index is 818. The molecule has 1 aliphatic carbocycles. The molecule has 0 bridgehead atoms. The minimum atomic E-state index is -0.153. The highest BCUT2D eigenvalue weighted by Gasteiger charge is 2.43. The molecule has 3 unspecified atom stereocenters. The number of carbonyl (C=O) groups is 2. The van der Waals surface area contributed by atoms with E-state index < -0.39 is 0 Å². The zero-order valence-electron chi connectivity index (χ0n) is 18.3. The Balaban J connectivity index is 1.58. The van der Waals surface area contributed by atoms with E-state index in [-0.39, 0.29) is 29.7 Å². The fraction of sp³-hybridized carbons (Fsp3) is 0.591. The molecule has 2 amide bonds. The Labute approximate surface area is 188 Å². The summed E-state index contributed by atoms with van der Waals surface area (Å²) in [6.07, 6.45) is 2.63. The molecule has 1 heterocycles. The summed E-state index contributed by atoms with van der Waals surface area (Å²) in [5.41, 5.74) is 1.03. The van der Waals surface area contributed by atoms with E-state index in [1.165, 1.54) is 0 Å². The third-order valence-electron chi connectivity index (χ3n) is 6.04. The van der Waals surface area contributed by atoms with Crippen LogP contribution in [0.5, 0.6) is 11.5 Å². The minimum Gasteiger partial charge on any atom is -0.493 e. The summed E-state index contributed by atoms with van der Waals surface area (Å²) < 4.78 is 15.6. The van der Waals surface area contributed by atoms with Crippen molar-refractivity contribution < 1.29 is 23.8 Å². The molecule has 9 heteroatoms. The van der Waals surface area contributed by atoms with Crippen LogP contribution >= 0.6 is 12.2 Å². The fourth-order valence-corrected chi connectivity index (χ4v) is 4.64. The van der Waals surface area contributed by atoms with Gasteiger partial charge in [0.1, 0.15) is 0 Å². The van der Waals surface area contributed by atoms with Crippen LogP contribution in [0.25, 0.3) is 0 Å². The number of methoxy groups -OCH3 is 3. The van der Waals surface area contributed by atoms with E-state index in [0.717, 1.165) is 5.56 Å². The molecule has 170 valence electrons. The Kier molecular flexibility index (Phi) is 8.09. The molecular formula is C22H31N3O5S. The Morgan fingerprint density at radius 3 is 2.71 bits per heavy atom. The van der Waals surface area contributed by atoms with Crippen molar-refractivity contribution in [3.8, 4) is 11.5 Å². The molecule has 1 aromatic carbocycles. The van der Waals surface area contributed by atoms with Crippen LogP contribution in [0.1, 0.15) is 24.8 Å². The smallest absolute Gasteiger partial charge is 0.233 e. The SMILES string of the molecule is COCCNC(=O)C1CCC2C(=O)N(CCc3ccc(OC)c(OC)c3)C(=S)NC2C1. The molecule has 3 atom stereocenters. The van der Waals surface area contributed by atoms with Crippen LogP contribution in [0.2, 0.25) is 0 Å². The van der Waals surface area contributed by atoms with Gasteiger partial charge < -0.3 is 24.8 Å². The van der Waals surface area contributed by atoms with Crippen molar-refractivity contribution in [1.82, 2.24) is 15.5 Å². The van der Waals surface area contributed by atoms with Gasteiger partial charge in [-0.15, -0.1) is 0 Å². The summed E-state index contributed by atoms with van der Waals surface area (Å²) in [5, 5.41) is 6.65. The number of nitrogens with zero attached hydrogens (tertiary/aromatic N) is 1. The number of ether oxygens (including phenoxy) is 3. The van der Waals surface area contributed by atoms with Crippen molar-refractivity contribution in [1.29, 1.82) is 0 Å². The van der Waals surface area contributed by atoms with Gasteiger partial charge in [0.05, 0.1) is 26.7 Å². The maximum Gasteiger partial charge on any atom is 0.233 e. The lowest BCUT2D eigenvalue weighted by molar-refractivity contribution is -0.137. The lowest BCUT2D eigenvalue weighted by Crippen LogP contribution is -2.62. The average Bonchev–Trinajstić information content (AvgIpc) is 2.78. The lowest BCUT2D eigenvalue weighted by atomic mass is 9.76. The van der Waals surface area contributed by atoms with Crippen molar-refractivity contribution in [2.24, 2.45) is 11.8 Å². The Hall–Kier alpha value is -2.39. The number of nitrogens with one attached hydrogen (secondary N) is 2. The molecule has 1 saturated heterocycles. The van der Waals surface area contributed by atoms with Gasteiger partial charge in [-0.1, -0.05) is 6.07 Å². The van der Waals surface area contributed by atoms with Gasteiger partial charge in [0.15, 0.2) is 16.6 Å². The number of carbonyl (C=O) groups excluding carboxylic acids is 2. The molecule has 0 aromatic heterocycles. The van der Waals surface area contributed by atoms with E-state index in [0.29, 0.717) is 62.0 Å². The molecule has 0 radical (unpaired) electrons. The van der Waals surface area contributed by atoms with Crippen LogP contribution in [0.15, 0.2) is 18.2 Å². The van der Waals surface area contributed by atoms with Gasteiger partial charge in [-0.25, -0.2) is 0 Å².